The number of amides is 4. The van der Waals surface area contributed by atoms with E-state index in [9.17, 15) is 28.7 Å². The van der Waals surface area contributed by atoms with Gasteiger partial charge in [-0.3, -0.25) is 24.1 Å². The van der Waals surface area contributed by atoms with Crippen LogP contribution in [0.3, 0.4) is 0 Å². The molecule has 10 heteroatoms. The molecule has 4 amide bonds. The Morgan fingerprint density at radius 2 is 1.85 bits per heavy atom. The second-order valence-corrected chi connectivity index (χ2v) is 11.9. The molecule has 2 aromatic carbocycles. The molecule has 2 aliphatic carbocycles. The minimum absolute atomic E-state index is 0.145. The van der Waals surface area contributed by atoms with Gasteiger partial charge in [-0.1, -0.05) is 42.3 Å². The number of aromatic hydroxyl groups is 1. The van der Waals surface area contributed by atoms with Crippen LogP contribution in [-0.2, 0) is 19.2 Å². The number of carbonyl (C=O) groups is 4. The number of phenolic OH excluding ortho intramolecular Hbond substituents is 1. The summed E-state index contributed by atoms with van der Waals surface area (Å²) in [6, 6.07) is 8.68. The van der Waals surface area contributed by atoms with Gasteiger partial charge in [0.2, 0.25) is 23.6 Å². The molecule has 2 heterocycles. The van der Waals surface area contributed by atoms with Crippen LogP contribution in [0, 0.1) is 34.9 Å². The summed E-state index contributed by atoms with van der Waals surface area (Å²) >= 11 is 6.03. The summed E-state index contributed by atoms with van der Waals surface area (Å²) in [6.07, 6.45) is 3.06. The largest absolute Gasteiger partial charge is 0.504 e. The highest BCUT2D eigenvalue weighted by molar-refractivity contribution is 6.31. The lowest BCUT2D eigenvalue weighted by Gasteiger charge is -2.49. The van der Waals surface area contributed by atoms with Gasteiger partial charge in [0.25, 0.3) is 0 Å². The lowest BCUT2D eigenvalue weighted by molar-refractivity contribution is -0.140. The SMILES string of the molecule is CCCN1C(=O)[C@H]2[C@H](CC=C3[C@H]2C[C@H]2C(=O)N(c4ccc(F)c(Cl)c4)C(=O)[C@@]2(C)[C@H]3c2cccc(OC)c2O)C1=O. The van der Waals surface area contributed by atoms with E-state index in [1.165, 1.54) is 24.1 Å². The van der Waals surface area contributed by atoms with Gasteiger partial charge in [-0.05, 0) is 56.4 Å². The van der Waals surface area contributed by atoms with Crippen LogP contribution >= 0.6 is 11.6 Å². The summed E-state index contributed by atoms with van der Waals surface area (Å²) in [5, 5.41) is 11.1. The van der Waals surface area contributed by atoms with Crippen molar-refractivity contribution >= 4 is 40.9 Å². The fourth-order valence-electron chi connectivity index (χ4n) is 7.68. The molecule has 2 aromatic rings. The van der Waals surface area contributed by atoms with E-state index >= 15 is 0 Å². The molecule has 8 nitrogen and oxygen atoms in total. The molecular weight excluding hydrogens is 551 g/mol. The Labute approximate surface area is 241 Å². The van der Waals surface area contributed by atoms with Gasteiger partial charge in [0.15, 0.2) is 11.5 Å². The number of halogens is 2. The van der Waals surface area contributed by atoms with Crippen molar-refractivity contribution < 1.29 is 33.4 Å². The number of likely N-dealkylation sites (tertiary alicyclic amines) is 1. The monoisotopic (exact) mass is 580 g/mol. The summed E-state index contributed by atoms with van der Waals surface area (Å²) < 4.78 is 19.4. The highest BCUT2D eigenvalue weighted by Gasteiger charge is 2.67. The lowest BCUT2D eigenvalue weighted by Crippen LogP contribution is -2.48. The van der Waals surface area contributed by atoms with Crippen molar-refractivity contribution in [1.29, 1.82) is 0 Å². The Kier molecular flexibility index (Phi) is 6.48. The van der Waals surface area contributed by atoms with Gasteiger partial charge in [-0.25, -0.2) is 9.29 Å². The van der Waals surface area contributed by atoms with Crippen LogP contribution in [0.25, 0.3) is 0 Å². The number of rotatable bonds is 5. The van der Waals surface area contributed by atoms with Crippen molar-refractivity contribution in [2.45, 2.75) is 39.0 Å². The van der Waals surface area contributed by atoms with Crippen LogP contribution < -0.4 is 9.64 Å². The average Bonchev–Trinajstić information content (AvgIpc) is 3.31. The molecular formula is C31H30ClFN2O6. The Hall–Kier alpha value is -3.72. The minimum atomic E-state index is -1.36. The first-order valence-electron chi connectivity index (χ1n) is 13.8. The van der Waals surface area contributed by atoms with Crippen molar-refractivity contribution in [3.63, 3.8) is 0 Å². The summed E-state index contributed by atoms with van der Waals surface area (Å²) in [5.74, 6) is -5.45. The number of phenols is 1. The zero-order valence-corrected chi connectivity index (χ0v) is 23.7. The Bertz CT molecular complexity index is 1540. The first-order valence-corrected chi connectivity index (χ1v) is 14.2. The number of anilines is 1. The highest BCUT2D eigenvalue weighted by atomic mass is 35.5. The molecule has 6 rings (SSSR count). The molecule has 214 valence electrons. The third-order valence-electron chi connectivity index (χ3n) is 9.54. The molecule has 2 saturated heterocycles. The van der Waals surface area contributed by atoms with Gasteiger partial charge < -0.3 is 9.84 Å². The van der Waals surface area contributed by atoms with Gasteiger partial charge >= 0.3 is 0 Å². The number of fused-ring (bicyclic) bond motifs is 4. The van der Waals surface area contributed by atoms with E-state index in [4.69, 9.17) is 16.3 Å². The number of benzene rings is 2. The van der Waals surface area contributed by atoms with E-state index < -0.39 is 52.6 Å². The zero-order chi connectivity index (χ0) is 29.4. The summed E-state index contributed by atoms with van der Waals surface area (Å²) in [7, 11) is 1.42. The van der Waals surface area contributed by atoms with Gasteiger partial charge in [0.1, 0.15) is 5.82 Å². The molecule has 4 aliphatic rings. The third kappa shape index (κ3) is 3.70. The predicted molar refractivity (Wildman–Crippen MR) is 148 cm³/mol. The number of ether oxygens (including phenoxy) is 1. The smallest absolute Gasteiger partial charge is 0.241 e. The summed E-state index contributed by atoms with van der Waals surface area (Å²) in [5.41, 5.74) is -0.0559. The molecule has 6 atom stereocenters. The van der Waals surface area contributed by atoms with Crippen LogP contribution in [0.15, 0.2) is 48.0 Å². The lowest BCUT2D eigenvalue weighted by atomic mass is 9.51. The van der Waals surface area contributed by atoms with Gasteiger partial charge in [-0.15, -0.1) is 0 Å². The standard InChI is InChI=1S/C31H30ClFN2O6/c1-4-12-34-27(37)17-10-9-16-19(24(17)29(34)39)14-20-28(38)35(15-8-11-22(33)21(32)13-15)30(40)31(20,2)25(16)18-6-5-7-23(41-3)26(18)36/h5-9,11,13,17,19-20,24-25,36H,4,10,12,14H2,1-3H3/t17-,19+,20-,24-,25+,31+/m0/s1. The van der Waals surface area contributed by atoms with Crippen LogP contribution in [0.1, 0.15) is 44.6 Å². The number of hydrogen-bond donors (Lipinski definition) is 1. The van der Waals surface area contributed by atoms with Gasteiger partial charge in [0, 0.05) is 18.0 Å². The van der Waals surface area contributed by atoms with Crippen molar-refractivity contribution in [2.24, 2.45) is 29.1 Å². The maximum atomic E-state index is 14.4. The number of carbonyl (C=O) groups excluding carboxylic acids is 4. The first kappa shape index (κ1) is 27.4. The number of para-hydroxylation sites is 1. The Balaban J connectivity index is 1.54. The number of imide groups is 2. The molecule has 0 spiro atoms. The Morgan fingerprint density at radius 3 is 2.54 bits per heavy atom. The number of allylic oxidation sites excluding steroid dienone is 2. The number of methoxy groups -OCH3 is 1. The van der Waals surface area contributed by atoms with E-state index in [2.05, 4.69) is 0 Å². The second-order valence-electron chi connectivity index (χ2n) is 11.5. The molecule has 2 aliphatic heterocycles. The fraction of sp³-hybridized carbons (Fsp3) is 0.419. The molecule has 41 heavy (non-hydrogen) atoms. The zero-order valence-electron chi connectivity index (χ0n) is 22.9. The molecule has 3 fully saturated rings. The molecule has 0 radical (unpaired) electrons. The fourth-order valence-corrected chi connectivity index (χ4v) is 7.85. The van der Waals surface area contributed by atoms with Crippen LogP contribution in [0.5, 0.6) is 11.5 Å². The van der Waals surface area contributed by atoms with Crippen molar-refractivity contribution in [2.75, 3.05) is 18.6 Å². The predicted octanol–water partition coefficient (Wildman–Crippen LogP) is 4.83. The average molecular weight is 581 g/mol. The Morgan fingerprint density at radius 1 is 1.10 bits per heavy atom. The normalized spacial score (nSPS) is 30.8. The minimum Gasteiger partial charge on any atom is -0.504 e. The molecule has 0 aromatic heterocycles. The van der Waals surface area contributed by atoms with Gasteiger partial charge in [0.05, 0.1) is 41.0 Å². The molecule has 1 N–H and O–H groups in total. The van der Waals surface area contributed by atoms with E-state index in [0.29, 0.717) is 24.9 Å². The second kappa shape index (κ2) is 9.69. The molecule has 0 bridgehead atoms. The van der Waals surface area contributed by atoms with Crippen LogP contribution in [0.2, 0.25) is 5.02 Å². The van der Waals surface area contributed by atoms with Crippen molar-refractivity contribution in [3.05, 3.63) is 64.5 Å². The molecule has 1 saturated carbocycles. The van der Waals surface area contributed by atoms with Crippen LogP contribution in [0.4, 0.5) is 10.1 Å². The highest BCUT2D eigenvalue weighted by Crippen LogP contribution is 2.64. The van der Waals surface area contributed by atoms with E-state index in [1.807, 2.05) is 13.0 Å². The third-order valence-corrected chi connectivity index (χ3v) is 9.83. The summed E-state index contributed by atoms with van der Waals surface area (Å²) in [4.78, 5) is 57.8. The van der Waals surface area contributed by atoms with Crippen molar-refractivity contribution in [1.82, 2.24) is 4.90 Å². The van der Waals surface area contributed by atoms with E-state index in [0.717, 1.165) is 16.5 Å². The van der Waals surface area contributed by atoms with Gasteiger partial charge in [-0.2, -0.15) is 0 Å². The van der Waals surface area contributed by atoms with Crippen LogP contribution in [-0.4, -0.2) is 47.3 Å². The number of hydrogen-bond acceptors (Lipinski definition) is 6. The molecule has 0 unspecified atom stereocenters. The maximum Gasteiger partial charge on any atom is 0.241 e. The van der Waals surface area contributed by atoms with Crippen molar-refractivity contribution in [3.8, 4) is 11.5 Å². The topological polar surface area (TPSA) is 104 Å². The van der Waals surface area contributed by atoms with E-state index in [1.54, 1.807) is 25.1 Å². The number of nitrogens with zero attached hydrogens (tertiary/aromatic N) is 2. The summed E-state index contributed by atoms with van der Waals surface area (Å²) in [6.45, 7) is 3.93. The first-order chi connectivity index (χ1) is 19.6. The van der Waals surface area contributed by atoms with E-state index in [-0.39, 0.29) is 40.4 Å². The maximum absolute atomic E-state index is 14.4. The quantitative estimate of drug-likeness (QED) is 0.401.